The zero-order valence-corrected chi connectivity index (χ0v) is 13.2. The molecular weight excluding hydrogens is 288 g/mol. The highest BCUT2D eigenvalue weighted by Gasteiger charge is 2.24. The first-order chi connectivity index (χ1) is 9.74. The Morgan fingerprint density at radius 3 is 2.50 bits per heavy atom. The first-order valence-electron chi connectivity index (χ1n) is 7.26. The van der Waals surface area contributed by atoms with E-state index in [4.69, 9.17) is 11.6 Å². The molecule has 0 N–H and O–H groups in total. The number of halogens is 1. The summed E-state index contributed by atoms with van der Waals surface area (Å²) >= 11 is 8.20. The third-order valence-corrected chi connectivity index (χ3v) is 5.87. The number of nitrogens with zero attached hydrogens (tertiary/aromatic N) is 2. The summed E-state index contributed by atoms with van der Waals surface area (Å²) in [6.07, 6.45) is 5.10. The molecule has 2 nitrogen and oxygen atoms in total. The molecule has 3 rings (SSSR count). The number of hydrogen-bond acceptors (Lipinski definition) is 3. The van der Waals surface area contributed by atoms with Crippen molar-refractivity contribution in [2.75, 3.05) is 0 Å². The third kappa shape index (κ3) is 3.04. The van der Waals surface area contributed by atoms with E-state index in [1.54, 1.807) is 11.3 Å². The van der Waals surface area contributed by atoms with Crippen LogP contribution in [0.3, 0.4) is 0 Å². The van der Waals surface area contributed by atoms with Crippen molar-refractivity contribution >= 4 is 22.9 Å². The van der Waals surface area contributed by atoms with Gasteiger partial charge in [-0.05, 0) is 24.3 Å². The standard InChI is InChI=1S/C16H19ClN2S/c1-11-7-9-13(10-8-11)15-18-19-16(20-15)14(17)12-5-3-2-4-6-12/h2-6,11,13-14H,7-10H2,1H3. The van der Waals surface area contributed by atoms with Gasteiger partial charge < -0.3 is 0 Å². The van der Waals surface area contributed by atoms with Gasteiger partial charge >= 0.3 is 0 Å². The van der Waals surface area contributed by atoms with E-state index >= 15 is 0 Å². The van der Waals surface area contributed by atoms with Crippen LogP contribution in [0.5, 0.6) is 0 Å². The smallest absolute Gasteiger partial charge is 0.139 e. The Bertz CT molecular complexity index is 547. The van der Waals surface area contributed by atoms with Crippen LogP contribution in [0.1, 0.15) is 59.5 Å². The van der Waals surface area contributed by atoms with Gasteiger partial charge in [0, 0.05) is 5.92 Å². The normalized spacial score (nSPS) is 24.5. The monoisotopic (exact) mass is 306 g/mol. The molecule has 1 saturated carbocycles. The van der Waals surface area contributed by atoms with Crippen LogP contribution >= 0.6 is 22.9 Å². The number of aromatic nitrogens is 2. The summed E-state index contributed by atoms with van der Waals surface area (Å²) in [6.45, 7) is 2.34. The van der Waals surface area contributed by atoms with Crippen LogP contribution in [0.4, 0.5) is 0 Å². The Kier molecular flexibility index (Phi) is 4.37. The van der Waals surface area contributed by atoms with Gasteiger partial charge in [0.2, 0.25) is 0 Å². The molecule has 1 aliphatic rings. The molecule has 4 heteroatoms. The Hall–Kier alpha value is -0.930. The maximum absolute atomic E-state index is 6.51. The van der Waals surface area contributed by atoms with Crippen molar-refractivity contribution in [2.24, 2.45) is 5.92 Å². The summed E-state index contributed by atoms with van der Waals surface area (Å²) in [5.74, 6) is 1.46. The highest BCUT2D eigenvalue weighted by molar-refractivity contribution is 7.11. The van der Waals surface area contributed by atoms with Crippen molar-refractivity contribution in [3.8, 4) is 0 Å². The van der Waals surface area contributed by atoms with Gasteiger partial charge in [-0.25, -0.2) is 0 Å². The van der Waals surface area contributed by atoms with Crippen molar-refractivity contribution in [1.82, 2.24) is 10.2 Å². The van der Waals surface area contributed by atoms with E-state index in [1.165, 1.54) is 30.7 Å². The second-order valence-electron chi connectivity index (χ2n) is 5.71. The minimum absolute atomic E-state index is 0.176. The topological polar surface area (TPSA) is 25.8 Å². The molecular formula is C16H19ClN2S. The van der Waals surface area contributed by atoms with E-state index in [0.29, 0.717) is 5.92 Å². The molecule has 0 saturated heterocycles. The van der Waals surface area contributed by atoms with Crippen LogP contribution in [-0.2, 0) is 0 Å². The lowest BCUT2D eigenvalue weighted by molar-refractivity contribution is 0.346. The summed E-state index contributed by atoms with van der Waals surface area (Å²) in [7, 11) is 0. The molecule has 1 aromatic heterocycles. The molecule has 20 heavy (non-hydrogen) atoms. The van der Waals surface area contributed by atoms with E-state index in [1.807, 2.05) is 30.3 Å². The summed E-state index contributed by atoms with van der Waals surface area (Å²) in [6, 6.07) is 10.1. The van der Waals surface area contributed by atoms with Crippen molar-refractivity contribution < 1.29 is 0 Å². The minimum atomic E-state index is -0.176. The zero-order chi connectivity index (χ0) is 13.9. The van der Waals surface area contributed by atoms with Crippen LogP contribution in [-0.4, -0.2) is 10.2 Å². The lowest BCUT2D eigenvalue weighted by Crippen LogP contribution is -2.10. The summed E-state index contributed by atoms with van der Waals surface area (Å²) < 4.78 is 0. The Balaban J connectivity index is 1.73. The molecule has 1 fully saturated rings. The second kappa shape index (κ2) is 6.23. The van der Waals surface area contributed by atoms with Gasteiger partial charge in [0.05, 0.1) is 0 Å². The maximum Gasteiger partial charge on any atom is 0.139 e. The van der Waals surface area contributed by atoms with E-state index in [0.717, 1.165) is 16.5 Å². The van der Waals surface area contributed by atoms with Crippen LogP contribution in [0.15, 0.2) is 30.3 Å². The molecule has 1 atom stereocenters. The highest BCUT2D eigenvalue weighted by atomic mass is 35.5. The Morgan fingerprint density at radius 2 is 1.80 bits per heavy atom. The fraction of sp³-hybridized carbons (Fsp3) is 0.500. The predicted octanol–water partition coefficient (Wildman–Crippen LogP) is 5.16. The summed E-state index contributed by atoms with van der Waals surface area (Å²) in [5.41, 5.74) is 1.09. The highest BCUT2D eigenvalue weighted by Crippen LogP contribution is 2.39. The summed E-state index contributed by atoms with van der Waals surface area (Å²) in [4.78, 5) is 0. The van der Waals surface area contributed by atoms with Gasteiger partial charge in [-0.15, -0.1) is 21.8 Å². The average Bonchev–Trinajstić information content (AvgIpc) is 2.98. The third-order valence-electron chi connectivity index (χ3n) is 4.13. The number of rotatable bonds is 3. The molecule has 0 amide bonds. The second-order valence-corrected chi connectivity index (χ2v) is 7.19. The van der Waals surface area contributed by atoms with Gasteiger partial charge in [0.15, 0.2) is 0 Å². The van der Waals surface area contributed by atoms with Crippen molar-refractivity contribution in [3.05, 3.63) is 45.9 Å². The largest absolute Gasteiger partial charge is 0.143 e. The fourth-order valence-corrected chi connectivity index (χ4v) is 4.13. The molecule has 0 bridgehead atoms. The average molecular weight is 307 g/mol. The van der Waals surface area contributed by atoms with Crippen LogP contribution in [0, 0.1) is 5.92 Å². The van der Waals surface area contributed by atoms with Gasteiger partial charge in [-0.1, -0.05) is 61.4 Å². The summed E-state index contributed by atoms with van der Waals surface area (Å²) in [5, 5.41) is 10.6. The van der Waals surface area contributed by atoms with Crippen LogP contribution < -0.4 is 0 Å². The predicted molar refractivity (Wildman–Crippen MR) is 84.4 cm³/mol. The fourth-order valence-electron chi connectivity index (χ4n) is 2.79. The lowest BCUT2D eigenvalue weighted by Gasteiger charge is -2.23. The molecule has 2 aromatic rings. The first-order valence-corrected chi connectivity index (χ1v) is 8.51. The van der Waals surface area contributed by atoms with Crippen molar-refractivity contribution in [1.29, 1.82) is 0 Å². The minimum Gasteiger partial charge on any atom is -0.143 e. The van der Waals surface area contributed by atoms with E-state index < -0.39 is 0 Å². The van der Waals surface area contributed by atoms with Crippen molar-refractivity contribution in [2.45, 2.75) is 43.9 Å². The molecule has 1 aliphatic carbocycles. The van der Waals surface area contributed by atoms with Gasteiger partial charge in [-0.2, -0.15) is 0 Å². The Morgan fingerprint density at radius 1 is 1.10 bits per heavy atom. The number of alkyl halides is 1. The zero-order valence-electron chi connectivity index (χ0n) is 11.6. The SMILES string of the molecule is CC1CCC(c2nnc(C(Cl)c3ccccc3)s2)CC1. The lowest BCUT2D eigenvalue weighted by atomic mass is 9.83. The number of benzene rings is 1. The van der Waals surface area contributed by atoms with Gasteiger partial charge in [0.1, 0.15) is 15.4 Å². The Labute approximate surface area is 129 Å². The number of hydrogen-bond donors (Lipinski definition) is 0. The van der Waals surface area contributed by atoms with E-state index in [2.05, 4.69) is 17.1 Å². The molecule has 0 spiro atoms. The quantitative estimate of drug-likeness (QED) is 0.732. The van der Waals surface area contributed by atoms with Crippen LogP contribution in [0.2, 0.25) is 0 Å². The van der Waals surface area contributed by atoms with Gasteiger partial charge in [-0.3, -0.25) is 0 Å². The van der Waals surface area contributed by atoms with Crippen LogP contribution in [0.25, 0.3) is 0 Å². The molecule has 1 aromatic carbocycles. The first kappa shape index (κ1) is 14.0. The molecule has 1 unspecified atom stereocenters. The van der Waals surface area contributed by atoms with E-state index in [-0.39, 0.29) is 5.38 Å². The maximum atomic E-state index is 6.51. The van der Waals surface area contributed by atoms with Crippen molar-refractivity contribution in [3.63, 3.8) is 0 Å². The van der Waals surface area contributed by atoms with E-state index in [9.17, 15) is 0 Å². The molecule has 1 heterocycles. The van der Waals surface area contributed by atoms with Gasteiger partial charge in [0.25, 0.3) is 0 Å². The molecule has 0 aliphatic heterocycles. The molecule has 106 valence electrons. The molecule has 0 radical (unpaired) electrons.